The topological polar surface area (TPSA) is 52.0 Å². The van der Waals surface area contributed by atoms with Gasteiger partial charge in [-0.05, 0) is 41.1 Å². The summed E-state index contributed by atoms with van der Waals surface area (Å²) in [6.07, 6.45) is 4.29. The highest BCUT2D eigenvalue weighted by molar-refractivity contribution is 14.1. The maximum absolute atomic E-state index is 11.6. The van der Waals surface area contributed by atoms with Crippen LogP contribution >= 0.6 is 22.6 Å². The summed E-state index contributed by atoms with van der Waals surface area (Å²) in [5.74, 6) is 1.35. The molecule has 0 bridgehead atoms. The van der Waals surface area contributed by atoms with E-state index in [1.54, 1.807) is 6.20 Å². The highest BCUT2D eigenvalue weighted by Crippen LogP contribution is 2.29. The van der Waals surface area contributed by atoms with E-state index < -0.39 is 9.84 Å². The number of nitrogens with zero attached hydrogens (tertiary/aromatic N) is 2. The predicted octanol–water partition coefficient (Wildman–Crippen LogP) is 2.51. The molecule has 1 atom stereocenters. The molecule has 1 aliphatic rings. The minimum absolute atomic E-state index is 0.0142. The molecule has 100 valence electrons. The first-order chi connectivity index (χ1) is 9.05. The minimum Gasteiger partial charge on any atom is -0.327 e. The molecule has 0 spiro atoms. The number of hydrogen-bond acceptors (Lipinski definition) is 3. The van der Waals surface area contributed by atoms with Crippen LogP contribution in [0.25, 0.3) is 11.4 Å². The fraction of sp³-hybridized carbons (Fsp3) is 0.308. The number of rotatable bonds is 2. The van der Waals surface area contributed by atoms with Crippen LogP contribution in [0.2, 0.25) is 0 Å². The Hall–Kier alpha value is -0.890. The molecule has 6 heteroatoms. The largest absolute Gasteiger partial charge is 0.327 e. The van der Waals surface area contributed by atoms with Crippen LogP contribution in [0.4, 0.5) is 0 Å². The van der Waals surface area contributed by atoms with E-state index in [1.807, 2.05) is 29.0 Å². The molecule has 2 aromatic rings. The molecule has 2 heterocycles. The Morgan fingerprint density at radius 3 is 2.89 bits per heavy atom. The summed E-state index contributed by atoms with van der Waals surface area (Å²) in [5, 5.41) is 0. The van der Waals surface area contributed by atoms with Gasteiger partial charge >= 0.3 is 0 Å². The molecule has 0 radical (unpaired) electrons. The molecule has 1 fully saturated rings. The maximum Gasteiger partial charge on any atom is 0.152 e. The van der Waals surface area contributed by atoms with Gasteiger partial charge in [0.2, 0.25) is 0 Å². The van der Waals surface area contributed by atoms with Crippen LogP contribution < -0.4 is 0 Å². The van der Waals surface area contributed by atoms with E-state index in [2.05, 4.69) is 33.6 Å². The monoisotopic (exact) mass is 388 g/mol. The standard InChI is InChI=1S/C13H13IN2O2S/c14-11-3-1-2-10(8-11)13-15-5-6-16(13)12-4-7-19(17,18)9-12/h1-3,5-6,8,12H,4,7,9H2. The Labute approximate surface area is 125 Å². The highest BCUT2D eigenvalue weighted by Gasteiger charge is 2.30. The van der Waals surface area contributed by atoms with Crippen molar-refractivity contribution in [1.82, 2.24) is 9.55 Å². The van der Waals surface area contributed by atoms with Gasteiger partial charge in [0.25, 0.3) is 0 Å². The lowest BCUT2D eigenvalue weighted by Gasteiger charge is -2.14. The van der Waals surface area contributed by atoms with Gasteiger partial charge < -0.3 is 4.57 Å². The van der Waals surface area contributed by atoms with Gasteiger partial charge in [-0.25, -0.2) is 13.4 Å². The van der Waals surface area contributed by atoms with E-state index in [-0.39, 0.29) is 17.5 Å². The Morgan fingerprint density at radius 1 is 1.37 bits per heavy atom. The van der Waals surface area contributed by atoms with Crippen molar-refractivity contribution in [2.75, 3.05) is 11.5 Å². The maximum atomic E-state index is 11.6. The SMILES string of the molecule is O=S1(=O)CCC(n2ccnc2-c2cccc(I)c2)C1. The number of benzene rings is 1. The number of aromatic nitrogens is 2. The third-order valence-corrected chi connectivity index (χ3v) is 5.77. The van der Waals surface area contributed by atoms with E-state index in [0.29, 0.717) is 6.42 Å². The number of sulfone groups is 1. The molecule has 4 nitrogen and oxygen atoms in total. The summed E-state index contributed by atoms with van der Waals surface area (Å²) < 4.78 is 26.3. The van der Waals surface area contributed by atoms with Gasteiger partial charge in [0, 0.05) is 21.5 Å². The molecular formula is C13H13IN2O2S. The second kappa shape index (κ2) is 4.90. The number of halogens is 1. The van der Waals surface area contributed by atoms with E-state index in [0.717, 1.165) is 15.0 Å². The Morgan fingerprint density at radius 2 is 2.21 bits per heavy atom. The van der Waals surface area contributed by atoms with Gasteiger partial charge in [-0.15, -0.1) is 0 Å². The van der Waals surface area contributed by atoms with Crippen LogP contribution in [-0.2, 0) is 9.84 Å². The second-order valence-corrected chi connectivity index (χ2v) is 8.20. The summed E-state index contributed by atoms with van der Waals surface area (Å²) >= 11 is 2.26. The fourth-order valence-electron chi connectivity index (χ4n) is 2.45. The van der Waals surface area contributed by atoms with Crippen LogP contribution in [0, 0.1) is 3.57 Å². The first-order valence-electron chi connectivity index (χ1n) is 6.04. The third-order valence-electron chi connectivity index (χ3n) is 3.35. The van der Waals surface area contributed by atoms with Gasteiger partial charge in [0.05, 0.1) is 17.5 Å². The predicted molar refractivity (Wildman–Crippen MR) is 82.7 cm³/mol. The van der Waals surface area contributed by atoms with Crippen molar-refractivity contribution in [2.24, 2.45) is 0 Å². The quantitative estimate of drug-likeness (QED) is 0.743. The first-order valence-corrected chi connectivity index (χ1v) is 8.94. The van der Waals surface area contributed by atoms with E-state index >= 15 is 0 Å². The van der Waals surface area contributed by atoms with E-state index in [1.165, 1.54) is 0 Å². The highest BCUT2D eigenvalue weighted by atomic mass is 127. The van der Waals surface area contributed by atoms with Crippen molar-refractivity contribution in [3.63, 3.8) is 0 Å². The van der Waals surface area contributed by atoms with Crippen LogP contribution in [0.15, 0.2) is 36.7 Å². The molecular weight excluding hydrogens is 375 g/mol. The van der Waals surface area contributed by atoms with Crippen molar-refractivity contribution >= 4 is 32.4 Å². The van der Waals surface area contributed by atoms with Crippen molar-refractivity contribution in [1.29, 1.82) is 0 Å². The van der Waals surface area contributed by atoms with Crippen LogP contribution in [0.5, 0.6) is 0 Å². The fourth-order valence-corrected chi connectivity index (χ4v) is 4.71. The summed E-state index contributed by atoms with van der Waals surface area (Å²) in [6, 6.07) is 8.09. The average molecular weight is 388 g/mol. The van der Waals surface area contributed by atoms with E-state index in [9.17, 15) is 8.42 Å². The minimum atomic E-state index is -2.88. The van der Waals surface area contributed by atoms with E-state index in [4.69, 9.17) is 0 Å². The van der Waals surface area contributed by atoms with Gasteiger partial charge in [0.15, 0.2) is 9.84 Å². The van der Waals surface area contributed by atoms with Crippen molar-refractivity contribution < 1.29 is 8.42 Å². The summed E-state index contributed by atoms with van der Waals surface area (Å²) in [6.45, 7) is 0. The number of hydrogen-bond donors (Lipinski definition) is 0. The molecule has 1 saturated heterocycles. The average Bonchev–Trinajstić information content (AvgIpc) is 2.95. The molecule has 0 aliphatic carbocycles. The van der Waals surface area contributed by atoms with Crippen LogP contribution in [0.3, 0.4) is 0 Å². The summed E-state index contributed by atoms with van der Waals surface area (Å²) in [7, 11) is -2.88. The first kappa shape index (κ1) is 13.1. The van der Waals surface area contributed by atoms with Gasteiger partial charge in [-0.2, -0.15) is 0 Å². The van der Waals surface area contributed by atoms with Gasteiger partial charge in [0.1, 0.15) is 5.82 Å². The lowest BCUT2D eigenvalue weighted by molar-refractivity contribution is 0.560. The molecule has 0 amide bonds. The number of imidazole rings is 1. The second-order valence-electron chi connectivity index (χ2n) is 4.73. The zero-order valence-corrected chi connectivity index (χ0v) is 13.1. The third kappa shape index (κ3) is 2.69. The van der Waals surface area contributed by atoms with Crippen molar-refractivity contribution in [3.05, 3.63) is 40.2 Å². The zero-order chi connectivity index (χ0) is 13.5. The van der Waals surface area contributed by atoms with Crippen LogP contribution in [0.1, 0.15) is 12.5 Å². The molecule has 1 unspecified atom stereocenters. The Bertz CT molecular complexity index is 709. The normalized spacial score (nSPS) is 21.6. The smallest absolute Gasteiger partial charge is 0.152 e. The molecule has 0 saturated carbocycles. The summed E-state index contributed by atoms with van der Waals surface area (Å²) in [4.78, 5) is 4.38. The molecule has 3 rings (SSSR count). The molecule has 19 heavy (non-hydrogen) atoms. The Kier molecular flexibility index (Phi) is 3.38. The Balaban J connectivity index is 2.00. The van der Waals surface area contributed by atoms with Gasteiger partial charge in [-0.3, -0.25) is 0 Å². The molecule has 1 aromatic carbocycles. The molecule has 0 N–H and O–H groups in total. The van der Waals surface area contributed by atoms with Gasteiger partial charge in [-0.1, -0.05) is 12.1 Å². The zero-order valence-electron chi connectivity index (χ0n) is 10.2. The van der Waals surface area contributed by atoms with Crippen molar-refractivity contribution in [2.45, 2.75) is 12.5 Å². The summed E-state index contributed by atoms with van der Waals surface area (Å²) in [5.41, 5.74) is 1.03. The van der Waals surface area contributed by atoms with Crippen molar-refractivity contribution in [3.8, 4) is 11.4 Å². The molecule has 1 aromatic heterocycles. The lowest BCUT2D eigenvalue weighted by Crippen LogP contribution is -2.11. The van der Waals surface area contributed by atoms with Crippen LogP contribution in [-0.4, -0.2) is 29.5 Å². The molecule has 1 aliphatic heterocycles. The lowest BCUT2D eigenvalue weighted by atomic mass is 10.2.